The van der Waals surface area contributed by atoms with Crippen molar-refractivity contribution >= 4 is 29.8 Å². The molecule has 0 aromatic carbocycles. The molecule has 11 nitrogen and oxygen atoms in total. The molecule has 0 rings (SSSR count). The molecule has 0 fully saturated rings. The molecule has 262 valence electrons. The van der Waals surface area contributed by atoms with Crippen LogP contribution in [-0.4, -0.2) is 66.7 Å². The van der Waals surface area contributed by atoms with E-state index in [-0.39, 0.29) is 0 Å². The molecule has 0 saturated carbocycles. The maximum Gasteiger partial charge on any atom is 0.408 e. The van der Waals surface area contributed by atoms with E-state index in [0.717, 1.165) is 64.2 Å². The third-order valence-corrected chi connectivity index (χ3v) is 7.46. The Hall–Kier alpha value is -2.85. The van der Waals surface area contributed by atoms with Crippen LogP contribution in [0.25, 0.3) is 0 Å². The van der Waals surface area contributed by atoms with Gasteiger partial charge in [-0.2, -0.15) is 0 Å². The number of unbranched alkanes of at least 4 members (excludes halogenated alkanes) is 8. The first-order valence-electron chi connectivity index (χ1n) is 17.3. The number of hydrogen-bond acceptors (Lipinski definition) is 7. The van der Waals surface area contributed by atoms with E-state index in [2.05, 4.69) is 49.0 Å². The van der Waals surface area contributed by atoms with Gasteiger partial charge in [-0.3, -0.25) is 14.4 Å². The van der Waals surface area contributed by atoms with E-state index >= 15 is 0 Å². The van der Waals surface area contributed by atoms with Gasteiger partial charge in [0.1, 0.15) is 29.8 Å². The molecule has 11 heteroatoms. The molecule has 0 aromatic heterocycles. The maximum absolute atomic E-state index is 13.7. The van der Waals surface area contributed by atoms with Crippen LogP contribution in [0.3, 0.4) is 0 Å². The van der Waals surface area contributed by atoms with Gasteiger partial charge < -0.3 is 30.7 Å². The fourth-order valence-electron chi connectivity index (χ4n) is 4.86. The van der Waals surface area contributed by atoms with E-state index in [0.29, 0.717) is 38.5 Å². The lowest BCUT2D eigenvalue weighted by Gasteiger charge is -2.27. The Morgan fingerprint density at radius 3 is 1.13 bits per heavy atom. The predicted molar refractivity (Wildman–Crippen MR) is 178 cm³/mol. The fourth-order valence-corrected chi connectivity index (χ4v) is 4.86. The lowest BCUT2D eigenvalue weighted by Crippen LogP contribution is -2.58. The molecule has 0 aliphatic rings. The van der Waals surface area contributed by atoms with Crippen LogP contribution in [0.2, 0.25) is 0 Å². The molecule has 4 N–H and O–H groups in total. The van der Waals surface area contributed by atoms with Gasteiger partial charge in [0.15, 0.2) is 0 Å². The monoisotopic (exact) mass is 640 g/mol. The van der Waals surface area contributed by atoms with Gasteiger partial charge in [-0.1, -0.05) is 105 Å². The number of ether oxygens (including phenoxy) is 2. The second-order valence-electron chi connectivity index (χ2n) is 12.9. The summed E-state index contributed by atoms with van der Waals surface area (Å²) >= 11 is 0. The standard InChI is InChI=1S/C34H64N4O7/c1-9-13-17-21-25(36-31(41)27(23-19-15-11-3)38-33(43)45-34(5,6)7)29(39)35-26(22-18-14-10-2)30(40)37-28(32(42)44-8)24-20-16-12-4/h25-28H,9-24H2,1-8H3,(H,35,39)(H,36,41)(H,37,40)(H,38,43). The smallest absolute Gasteiger partial charge is 0.408 e. The van der Waals surface area contributed by atoms with Gasteiger partial charge in [0.2, 0.25) is 17.7 Å². The Morgan fingerprint density at radius 1 is 0.511 bits per heavy atom. The summed E-state index contributed by atoms with van der Waals surface area (Å²) in [7, 11) is 1.29. The van der Waals surface area contributed by atoms with Crippen LogP contribution >= 0.6 is 0 Å². The minimum atomic E-state index is -0.902. The number of rotatable bonds is 24. The highest BCUT2D eigenvalue weighted by atomic mass is 16.6. The van der Waals surface area contributed by atoms with E-state index < -0.39 is 59.6 Å². The summed E-state index contributed by atoms with van der Waals surface area (Å²) in [5.74, 6) is -1.91. The van der Waals surface area contributed by atoms with E-state index in [9.17, 15) is 24.0 Å². The normalized spacial score (nSPS) is 14.0. The number of carbonyl (C=O) groups is 5. The molecule has 4 unspecified atom stereocenters. The zero-order valence-electron chi connectivity index (χ0n) is 29.5. The third kappa shape index (κ3) is 20.0. The maximum atomic E-state index is 13.7. The molecule has 0 aliphatic carbocycles. The van der Waals surface area contributed by atoms with Crippen molar-refractivity contribution in [2.75, 3.05) is 7.11 Å². The molecule has 0 aromatic rings. The number of hydrogen-bond donors (Lipinski definition) is 4. The first kappa shape index (κ1) is 42.1. The molecule has 0 spiro atoms. The lowest BCUT2D eigenvalue weighted by atomic mass is 10.0. The van der Waals surface area contributed by atoms with Crippen molar-refractivity contribution < 1.29 is 33.4 Å². The molecule has 0 bridgehead atoms. The minimum absolute atomic E-state index is 0.380. The van der Waals surface area contributed by atoms with Gasteiger partial charge in [-0.15, -0.1) is 0 Å². The molecular weight excluding hydrogens is 576 g/mol. The highest BCUT2D eigenvalue weighted by molar-refractivity contribution is 5.94. The summed E-state index contributed by atoms with van der Waals surface area (Å²) in [6.45, 7) is 13.5. The van der Waals surface area contributed by atoms with Crippen LogP contribution in [0, 0.1) is 0 Å². The SMILES string of the molecule is CCCCCC(NC(=O)OC(C)(C)C)C(=O)NC(CCCCC)C(=O)NC(CCCCC)C(=O)NC(CCCCC)C(=O)OC. The number of alkyl carbamates (subject to hydrolysis) is 1. The fraction of sp³-hybridized carbons (Fsp3) is 0.853. The van der Waals surface area contributed by atoms with Crippen molar-refractivity contribution in [1.29, 1.82) is 0 Å². The van der Waals surface area contributed by atoms with Gasteiger partial charge in [0.05, 0.1) is 7.11 Å². The van der Waals surface area contributed by atoms with E-state index in [1.165, 1.54) is 7.11 Å². The first-order valence-corrected chi connectivity index (χ1v) is 17.3. The largest absolute Gasteiger partial charge is 0.467 e. The van der Waals surface area contributed by atoms with Gasteiger partial charge in [0.25, 0.3) is 0 Å². The quantitative estimate of drug-likeness (QED) is 0.0765. The second kappa shape index (κ2) is 24.4. The van der Waals surface area contributed by atoms with Crippen molar-refractivity contribution in [3.63, 3.8) is 0 Å². The molecular formula is C34H64N4O7. The number of amides is 4. The molecule has 4 atom stereocenters. The summed E-state index contributed by atoms with van der Waals surface area (Å²) in [4.78, 5) is 65.6. The van der Waals surface area contributed by atoms with Crippen molar-refractivity contribution in [3.8, 4) is 0 Å². The molecule has 0 heterocycles. The number of carbonyl (C=O) groups excluding carboxylic acids is 5. The van der Waals surface area contributed by atoms with Gasteiger partial charge in [-0.05, 0) is 46.5 Å². The van der Waals surface area contributed by atoms with Crippen LogP contribution in [0.1, 0.15) is 151 Å². The zero-order chi connectivity index (χ0) is 34.3. The van der Waals surface area contributed by atoms with Crippen LogP contribution in [0.5, 0.6) is 0 Å². The summed E-state index contributed by atoms with van der Waals surface area (Å²) in [6.07, 6.45) is 11.1. The topological polar surface area (TPSA) is 152 Å². The summed E-state index contributed by atoms with van der Waals surface area (Å²) in [6, 6.07) is -3.46. The Labute approximate surface area is 272 Å². The van der Waals surface area contributed by atoms with Crippen molar-refractivity contribution in [2.45, 2.75) is 181 Å². The molecule has 0 saturated heterocycles. The van der Waals surface area contributed by atoms with E-state index in [1.807, 2.05) is 0 Å². The minimum Gasteiger partial charge on any atom is -0.467 e. The van der Waals surface area contributed by atoms with E-state index in [1.54, 1.807) is 20.8 Å². The van der Waals surface area contributed by atoms with Crippen molar-refractivity contribution in [2.24, 2.45) is 0 Å². The van der Waals surface area contributed by atoms with E-state index in [4.69, 9.17) is 9.47 Å². The van der Waals surface area contributed by atoms with Crippen molar-refractivity contribution in [1.82, 2.24) is 21.3 Å². The van der Waals surface area contributed by atoms with Gasteiger partial charge >= 0.3 is 12.1 Å². The molecule has 0 aliphatic heterocycles. The van der Waals surface area contributed by atoms with Crippen LogP contribution in [0.15, 0.2) is 0 Å². The van der Waals surface area contributed by atoms with Crippen LogP contribution < -0.4 is 21.3 Å². The summed E-state index contributed by atoms with van der Waals surface area (Å²) in [5.41, 5.74) is -0.729. The Morgan fingerprint density at radius 2 is 0.822 bits per heavy atom. The Kier molecular flexibility index (Phi) is 22.8. The van der Waals surface area contributed by atoms with Gasteiger partial charge in [-0.25, -0.2) is 9.59 Å². The summed E-state index contributed by atoms with van der Waals surface area (Å²) in [5, 5.41) is 11.2. The third-order valence-electron chi connectivity index (χ3n) is 7.46. The number of nitrogens with one attached hydrogen (secondary N) is 4. The number of methoxy groups -OCH3 is 1. The Balaban J connectivity index is 5.93. The van der Waals surface area contributed by atoms with Crippen molar-refractivity contribution in [3.05, 3.63) is 0 Å². The lowest BCUT2D eigenvalue weighted by molar-refractivity contribution is -0.145. The molecule has 4 amide bonds. The molecule has 0 radical (unpaired) electrons. The average Bonchev–Trinajstić information content (AvgIpc) is 2.97. The first-order chi connectivity index (χ1) is 21.3. The predicted octanol–water partition coefficient (Wildman–Crippen LogP) is 5.83. The average molecular weight is 641 g/mol. The zero-order valence-corrected chi connectivity index (χ0v) is 29.5. The van der Waals surface area contributed by atoms with Crippen LogP contribution in [0.4, 0.5) is 4.79 Å². The summed E-state index contributed by atoms with van der Waals surface area (Å²) < 4.78 is 10.3. The Bertz CT molecular complexity index is 875. The number of esters is 1. The second-order valence-corrected chi connectivity index (χ2v) is 12.9. The van der Waals surface area contributed by atoms with Gasteiger partial charge in [0, 0.05) is 0 Å². The highest BCUT2D eigenvalue weighted by Crippen LogP contribution is 2.12. The highest BCUT2D eigenvalue weighted by Gasteiger charge is 2.31. The van der Waals surface area contributed by atoms with Crippen LogP contribution in [-0.2, 0) is 28.7 Å². The molecule has 45 heavy (non-hydrogen) atoms.